The van der Waals surface area contributed by atoms with Crippen LogP contribution in [0.2, 0.25) is 0 Å². The Balaban J connectivity index is 2.26. The van der Waals surface area contributed by atoms with Gasteiger partial charge in [0.2, 0.25) is 5.91 Å². The lowest BCUT2D eigenvalue weighted by Gasteiger charge is -2.34. The lowest BCUT2D eigenvalue weighted by molar-refractivity contribution is -0.139. The molecule has 1 aromatic rings. The van der Waals surface area contributed by atoms with E-state index < -0.39 is 0 Å². The number of carbonyl (C=O) groups excluding carboxylic acids is 2. The van der Waals surface area contributed by atoms with Gasteiger partial charge in [-0.1, -0.05) is 0 Å². The highest BCUT2D eigenvalue weighted by molar-refractivity contribution is 5.94. The van der Waals surface area contributed by atoms with Gasteiger partial charge >= 0.3 is 0 Å². The molecule has 0 N–H and O–H groups in total. The van der Waals surface area contributed by atoms with Crippen molar-refractivity contribution in [2.45, 2.75) is 46.1 Å². The standard InChI is InChI=1S/C18H28N4O3/c1-5-21(6-2)18(24)14-11-19-17(20-13(14)3)15-9-7-8-10-22(15)16(23)12-25-4/h11,15H,5-10,12H2,1-4H3/t15-/m0/s1. The summed E-state index contributed by atoms with van der Waals surface area (Å²) < 4.78 is 4.98. The van der Waals surface area contributed by atoms with Gasteiger partial charge in [-0.15, -0.1) is 0 Å². The molecule has 2 amide bonds. The molecule has 1 fully saturated rings. The second-order valence-electron chi connectivity index (χ2n) is 6.24. The summed E-state index contributed by atoms with van der Waals surface area (Å²) in [5, 5.41) is 0. The summed E-state index contributed by atoms with van der Waals surface area (Å²) in [7, 11) is 1.52. The van der Waals surface area contributed by atoms with E-state index in [1.807, 2.05) is 20.8 Å². The zero-order valence-electron chi connectivity index (χ0n) is 15.6. The van der Waals surface area contributed by atoms with Gasteiger partial charge in [0.1, 0.15) is 6.61 Å². The van der Waals surface area contributed by atoms with Gasteiger partial charge in [-0.2, -0.15) is 0 Å². The molecule has 1 atom stereocenters. The number of hydrogen-bond acceptors (Lipinski definition) is 5. The fourth-order valence-electron chi connectivity index (χ4n) is 3.24. The lowest BCUT2D eigenvalue weighted by atomic mass is 10.0. The molecule has 1 aliphatic rings. The first-order valence-electron chi connectivity index (χ1n) is 8.94. The van der Waals surface area contributed by atoms with Crippen LogP contribution < -0.4 is 0 Å². The van der Waals surface area contributed by atoms with Crippen LogP contribution in [-0.2, 0) is 9.53 Å². The maximum atomic E-state index is 12.5. The molecule has 25 heavy (non-hydrogen) atoms. The summed E-state index contributed by atoms with van der Waals surface area (Å²) in [4.78, 5) is 37.4. The van der Waals surface area contributed by atoms with Crippen LogP contribution in [0.5, 0.6) is 0 Å². The number of rotatable bonds is 6. The van der Waals surface area contributed by atoms with Crippen molar-refractivity contribution in [2.75, 3.05) is 33.4 Å². The minimum absolute atomic E-state index is 0.0447. The molecule has 138 valence electrons. The smallest absolute Gasteiger partial charge is 0.257 e. The molecular weight excluding hydrogens is 320 g/mol. The van der Waals surface area contributed by atoms with Crippen LogP contribution in [0.3, 0.4) is 0 Å². The van der Waals surface area contributed by atoms with Gasteiger partial charge in [-0.25, -0.2) is 9.97 Å². The summed E-state index contributed by atoms with van der Waals surface area (Å²) >= 11 is 0. The number of likely N-dealkylation sites (tertiary alicyclic amines) is 1. The van der Waals surface area contributed by atoms with Crippen LogP contribution in [0.4, 0.5) is 0 Å². The Kier molecular flexibility index (Phi) is 6.87. The van der Waals surface area contributed by atoms with Crippen molar-refractivity contribution in [3.05, 3.63) is 23.3 Å². The zero-order valence-corrected chi connectivity index (χ0v) is 15.6. The Bertz CT molecular complexity index is 616. The zero-order chi connectivity index (χ0) is 18.4. The summed E-state index contributed by atoms with van der Waals surface area (Å²) in [5.41, 5.74) is 1.18. The van der Waals surface area contributed by atoms with E-state index in [4.69, 9.17) is 4.74 Å². The number of ether oxygens (including phenoxy) is 1. The van der Waals surface area contributed by atoms with Crippen LogP contribution in [0.25, 0.3) is 0 Å². The first-order valence-corrected chi connectivity index (χ1v) is 8.94. The van der Waals surface area contributed by atoms with Crippen molar-refractivity contribution in [2.24, 2.45) is 0 Å². The Hall–Kier alpha value is -2.02. The monoisotopic (exact) mass is 348 g/mol. The number of amides is 2. The van der Waals surface area contributed by atoms with Crippen molar-refractivity contribution < 1.29 is 14.3 Å². The van der Waals surface area contributed by atoms with Crippen LogP contribution in [0.15, 0.2) is 6.20 Å². The van der Waals surface area contributed by atoms with Gasteiger partial charge in [-0.05, 0) is 40.0 Å². The molecule has 2 heterocycles. The largest absolute Gasteiger partial charge is 0.375 e. The molecule has 0 saturated carbocycles. The summed E-state index contributed by atoms with van der Waals surface area (Å²) in [5.74, 6) is 0.513. The molecule has 1 saturated heterocycles. The predicted octanol–water partition coefficient (Wildman–Crippen LogP) is 1.97. The minimum atomic E-state index is -0.146. The molecule has 7 nitrogen and oxygen atoms in total. The number of piperidine rings is 1. The lowest BCUT2D eigenvalue weighted by Crippen LogP contribution is -2.41. The number of aryl methyl sites for hydroxylation is 1. The third-order valence-corrected chi connectivity index (χ3v) is 4.67. The van der Waals surface area contributed by atoms with Crippen LogP contribution in [0.1, 0.15) is 61.0 Å². The minimum Gasteiger partial charge on any atom is -0.375 e. The van der Waals surface area contributed by atoms with Crippen molar-refractivity contribution >= 4 is 11.8 Å². The van der Waals surface area contributed by atoms with E-state index in [9.17, 15) is 9.59 Å². The first-order chi connectivity index (χ1) is 12.0. The van der Waals surface area contributed by atoms with E-state index in [1.165, 1.54) is 7.11 Å². The number of hydrogen-bond donors (Lipinski definition) is 0. The molecule has 1 aromatic heterocycles. The van der Waals surface area contributed by atoms with Crippen LogP contribution in [0, 0.1) is 6.92 Å². The number of nitrogens with zero attached hydrogens (tertiary/aromatic N) is 4. The van der Waals surface area contributed by atoms with Crippen molar-refractivity contribution in [3.8, 4) is 0 Å². The average Bonchev–Trinajstić information content (AvgIpc) is 2.62. The molecule has 7 heteroatoms. The summed E-state index contributed by atoms with van der Waals surface area (Å²) in [6.45, 7) is 7.78. The highest BCUT2D eigenvalue weighted by Crippen LogP contribution is 2.29. The maximum Gasteiger partial charge on any atom is 0.257 e. The fourth-order valence-corrected chi connectivity index (χ4v) is 3.24. The van der Waals surface area contributed by atoms with Gasteiger partial charge in [0.25, 0.3) is 5.91 Å². The maximum absolute atomic E-state index is 12.5. The molecule has 2 rings (SSSR count). The Morgan fingerprint density at radius 1 is 1.32 bits per heavy atom. The Morgan fingerprint density at radius 2 is 2.04 bits per heavy atom. The fraction of sp³-hybridized carbons (Fsp3) is 0.667. The van der Waals surface area contributed by atoms with Gasteiger partial charge in [-0.3, -0.25) is 9.59 Å². The topological polar surface area (TPSA) is 75.6 Å². The molecule has 0 bridgehead atoms. The van der Waals surface area contributed by atoms with Gasteiger partial charge < -0.3 is 14.5 Å². The van der Waals surface area contributed by atoms with Crippen molar-refractivity contribution in [1.29, 1.82) is 0 Å². The van der Waals surface area contributed by atoms with Crippen LogP contribution >= 0.6 is 0 Å². The van der Waals surface area contributed by atoms with Crippen LogP contribution in [-0.4, -0.2) is 64.9 Å². The quantitative estimate of drug-likeness (QED) is 0.785. The van der Waals surface area contributed by atoms with Gasteiger partial charge in [0.05, 0.1) is 17.3 Å². The third-order valence-electron chi connectivity index (χ3n) is 4.67. The Morgan fingerprint density at radius 3 is 2.64 bits per heavy atom. The predicted molar refractivity (Wildman–Crippen MR) is 94.2 cm³/mol. The molecular formula is C18H28N4O3. The highest BCUT2D eigenvalue weighted by Gasteiger charge is 2.30. The average molecular weight is 348 g/mol. The first kappa shape index (κ1) is 19.3. The molecule has 0 aromatic carbocycles. The molecule has 1 aliphatic heterocycles. The van der Waals surface area contributed by atoms with Crippen molar-refractivity contribution in [3.63, 3.8) is 0 Å². The third kappa shape index (κ3) is 4.34. The van der Waals surface area contributed by atoms with Crippen molar-refractivity contribution in [1.82, 2.24) is 19.8 Å². The number of aromatic nitrogens is 2. The summed E-state index contributed by atoms with van der Waals surface area (Å²) in [6.07, 6.45) is 4.44. The van der Waals surface area contributed by atoms with E-state index >= 15 is 0 Å². The van der Waals surface area contributed by atoms with Gasteiger partial charge in [0.15, 0.2) is 5.82 Å². The molecule has 0 unspecified atom stereocenters. The summed E-state index contributed by atoms with van der Waals surface area (Å²) in [6, 6.07) is -0.146. The normalized spacial score (nSPS) is 17.4. The van der Waals surface area contributed by atoms with E-state index in [-0.39, 0.29) is 24.5 Å². The second kappa shape index (κ2) is 8.89. The van der Waals surface area contributed by atoms with Gasteiger partial charge in [0, 0.05) is 32.9 Å². The Labute approximate surface area is 149 Å². The van der Waals surface area contributed by atoms with E-state index in [2.05, 4.69) is 9.97 Å². The number of carbonyl (C=O) groups is 2. The molecule has 0 aliphatic carbocycles. The molecule has 0 spiro atoms. The van der Waals surface area contributed by atoms with E-state index in [0.717, 1.165) is 19.3 Å². The van der Waals surface area contributed by atoms with E-state index in [0.29, 0.717) is 36.7 Å². The second-order valence-corrected chi connectivity index (χ2v) is 6.24. The molecule has 0 radical (unpaired) electrons. The highest BCUT2D eigenvalue weighted by atomic mass is 16.5. The van der Waals surface area contributed by atoms with E-state index in [1.54, 1.807) is 16.0 Å². The number of methoxy groups -OCH3 is 1. The SMILES string of the molecule is CCN(CC)C(=O)c1cnc([C@@H]2CCCCN2C(=O)COC)nc1C.